The van der Waals surface area contributed by atoms with Gasteiger partial charge in [-0.15, -0.1) is 0 Å². The molecule has 5 atom stereocenters. The molecule has 0 unspecified atom stereocenters. The Labute approximate surface area is 210 Å². The maximum Gasteiger partial charge on any atom is 0.209 e. The summed E-state index contributed by atoms with van der Waals surface area (Å²) in [7, 11) is 1.70. The third-order valence-corrected chi connectivity index (χ3v) is 8.51. The number of rotatable bonds is 10. The average Bonchev–Trinajstić information content (AvgIpc) is 2.91. The van der Waals surface area contributed by atoms with E-state index in [4.69, 9.17) is 4.74 Å². The lowest BCUT2D eigenvalue weighted by molar-refractivity contribution is -0.134. The van der Waals surface area contributed by atoms with Crippen molar-refractivity contribution in [3.05, 3.63) is 59.4 Å². The van der Waals surface area contributed by atoms with Crippen LogP contribution >= 0.6 is 0 Å². The second-order valence-electron chi connectivity index (χ2n) is 10.6. The van der Waals surface area contributed by atoms with Gasteiger partial charge in [0.2, 0.25) is 6.41 Å². The van der Waals surface area contributed by atoms with E-state index in [1.807, 2.05) is 11.0 Å². The summed E-state index contributed by atoms with van der Waals surface area (Å²) in [4.78, 5) is 14.1. The van der Waals surface area contributed by atoms with Crippen LogP contribution in [0, 0.1) is 17.7 Å². The van der Waals surface area contributed by atoms with Crippen molar-refractivity contribution in [2.45, 2.75) is 88.2 Å². The Hall–Kier alpha value is -1.98. The number of hydrogen-bond donors (Lipinski definition) is 1. The fraction of sp³-hybridized carbons (Fsp3) is 0.633. The second-order valence-corrected chi connectivity index (χ2v) is 10.6. The first-order valence-corrected chi connectivity index (χ1v) is 13.6. The Kier molecular flexibility index (Phi) is 9.18. The van der Waals surface area contributed by atoms with Crippen LogP contribution < -0.4 is 0 Å². The largest absolute Gasteiger partial charge is 0.385 e. The number of likely N-dealkylation sites (tertiary alicyclic amines) is 1. The third kappa shape index (κ3) is 5.72. The van der Waals surface area contributed by atoms with Crippen LogP contribution in [-0.2, 0) is 15.1 Å². The van der Waals surface area contributed by atoms with Gasteiger partial charge in [0.15, 0.2) is 0 Å². The third-order valence-electron chi connectivity index (χ3n) is 8.51. The molecule has 1 N–H and O–H groups in total. The molecular weight excluding hydrogens is 441 g/mol. The first kappa shape index (κ1) is 26.1. The van der Waals surface area contributed by atoms with Gasteiger partial charge in [0.25, 0.3) is 0 Å². The summed E-state index contributed by atoms with van der Waals surface area (Å²) in [6.07, 6.45) is 19.7. The minimum absolute atomic E-state index is 0.0239. The van der Waals surface area contributed by atoms with E-state index in [-0.39, 0.29) is 29.6 Å². The molecule has 1 fully saturated rings. The minimum atomic E-state index is -1.21. The van der Waals surface area contributed by atoms with Crippen LogP contribution in [0.15, 0.2) is 42.5 Å². The predicted octanol–water partition coefficient (Wildman–Crippen LogP) is 6.25. The van der Waals surface area contributed by atoms with Gasteiger partial charge in [-0.05, 0) is 88.2 Å². The van der Waals surface area contributed by atoms with Crippen LogP contribution in [0.25, 0.3) is 0 Å². The van der Waals surface area contributed by atoms with Gasteiger partial charge >= 0.3 is 0 Å². The number of allylic oxidation sites excluding steroid dienone is 3. The first-order chi connectivity index (χ1) is 17.1. The van der Waals surface area contributed by atoms with Crippen LogP contribution in [0.5, 0.6) is 0 Å². The number of halogens is 1. The number of carbonyl (C=O) groups excluding carboxylic acids is 1. The highest BCUT2D eigenvalue weighted by atomic mass is 19.1. The fourth-order valence-electron chi connectivity index (χ4n) is 6.86. The molecule has 35 heavy (non-hydrogen) atoms. The molecule has 2 aliphatic carbocycles. The highest BCUT2D eigenvalue weighted by Gasteiger charge is 2.49. The summed E-state index contributed by atoms with van der Waals surface area (Å²) in [6, 6.07) is 5.15. The number of benzene rings is 1. The quantitative estimate of drug-likeness (QED) is 0.243. The molecule has 0 aromatic heterocycles. The molecule has 5 heteroatoms. The van der Waals surface area contributed by atoms with E-state index in [9.17, 15) is 9.90 Å². The maximum atomic E-state index is 15.5. The predicted molar refractivity (Wildman–Crippen MR) is 138 cm³/mol. The van der Waals surface area contributed by atoms with Crippen molar-refractivity contribution in [2.24, 2.45) is 11.8 Å². The molecule has 1 saturated heterocycles. The number of aliphatic hydroxyl groups is 1. The van der Waals surface area contributed by atoms with Crippen LogP contribution in [0.4, 0.5) is 4.39 Å². The highest BCUT2D eigenvalue weighted by molar-refractivity contribution is 5.49. The van der Waals surface area contributed by atoms with E-state index < -0.39 is 5.60 Å². The molecule has 1 aromatic carbocycles. The van der Waals surface area contributed by atoms with E-state index in [0.29, 0.717) is 18.6 Å². The molecule has 192 valence electrons. The molecule has 0 bridgehead atoms. The van der Waals surface area contributed by atoms with Gasteiger partial charge in [0, 0.05) is 43.7 Å². The topological polar surface area (TPSA) is 49.8 Å². The van der Waals surface area contributed by atoms with Gasteiger partial charge in [0.1, 0.15) is 5.82 Å². The molecule has 1 aromatic rings. The van der Waals surface area contributed by atoms with Crippen molar-refractivity contribution in [1.82, 2.24) is 4.90 Å². The highest BCUT2D eigenvalue weighted by Crippen LogP contribution is 2.49. The second kappa shape index (κ2) is 12.3. The van der Waals surface area contributed by atoms with Gasteiger partial charge in [0.05, 0.1) is 5.60 Å². The van der Waals surface area contributed by atoms with Gasteiger partial charge in [-0.1, -0.05) is 36.4 Å². The van der Waals surface area contributed by atoms with Crippen molar-refractivity contribution >= 4 is 6.41 Å². The summed E-state index contributed by atoms with van der Waals surface area (Å²) >= 11 is 0. The summed E-state index contributed by atoms with van der Waals surface area (Å²) in [6.45, 7) is 1.35. The van der Waals surface area contributed by atoms with Crippen LogP contribution in [0.1, 0.15) is 87.7 Å². The summed E-state index contributed by atoms with van der Waals surface area (Å²) < 4.78 is 20.8. The first-order valence-electron chi connectivity index (χ1n) is 13.6. The maximum absolute atomic E-state index is 15.5. The SMILES string of the molecule is COCCCC[C@@](O)(c1cccc(F)c1[C@@H]1C=CCCC1)[C@H]1CCCN(C=O)[C@H]1[C@@H]1C=CCCC1. The van der Waals surface area contributed by atoms with Crippen LogP contribution in [0.3, 0.4) is 0 Å². The van der Waals surface area contributed by atoms with E-state index in [1.165, 1.54) is 6.07 Å². The molecule has 0 spiro atoms. The number of unbranched alkanes of at least 4 members (excludes halogenated alkanes) is 1. The molecule has 0 saturated carbocycles. The molecule has 3 aliphatic rings. The Morgan fingerprint density at radius 2 is 1.91 bits per heavy atom. The molecule has 1 heterocycles. The summed E-state index contributed by atoms with van der Waals surface area (Å²) in [5.41, 5.74) is 0.168. The molecular formula is C30H42FNO3. The zero-order valence-corrected chi connectivity index (χ0v) is 21.2. The normalized spacial score (nSPS) is 28.6. The number of nitrogens with zero attached hydrogens (tertiary/aromatic N) is 1. The fourth-order valence-corrected chi connectivity index (χ4v) is 6.86. The lowest BCUT2D eigenvalue weighted by Gasteiger charge is -2.51. The van der Waals surface area contributed by atoms with Crippen molar-refractivity contribution in [3.8, 4) is 0 Å². The van der Waals surface area contributed by atoms with Crippen LogP contribution in [0.2, 0.25) is 0 Å². The van der Waals surface area contributed by atoms with Crippen molar-refractivity contribution in [3.63, 3.8) is 0 Å². The Morgan fingerprint density at radius 1 is 1.11 bits per heavy atom. The Morgan fingerprint density at radius 3 is 2.60 bits per heavy atom. The Bertz CT molecular complexity index is 900. The number of amides is 1. The average molecular weight is 484 g/mol. The lowest BCUT2D eigenvalue weighted by Crippen LogP contribution is -2.56. The lowest BCUT2D eigenvalue weighted by atomic mass is 9.64. The van der Waals surface area contributed by atoms with Crippen molar-refractivity contribution < 1.29 is 19.0 Å². The molecule has 0 radical (unpaired) electrons. The smallest absolute Gasteiger partial charge is 0.209 e. The van der Waals surface area contributed by atoms with Gasteiger partial charge in [-0.25, -0.2) is 4.39 Å². The molecule has 1 aliphatic heterocycles. The number of piperidine rings is 1. The van der Waals surface area contributed by atoms with Gasteiger partial charge < -0.3 is 14.7 Å². The Balaban J connectivity index is 1.80. The van der Waals surface area contributed by atoms with Gasteiger partial charge in [-0.2, -0.15) is 0 Å². The van der Waals surface area contributed by atoms with Crippen LogP contribution in [-0.4, -0.2) is 42.7 Å². The van der Waals surface area contributed by atoms with E-state index in [2.05, 4.69) is 24.3 Å². The van der Waals surface area contributed by atoms with Gasteiger partial charge in [-0.3, -0.25) is 4.79 Å². The number of methoxy groups -OCH3 is 1. The zero-order chi connectivity index (χ0) is 24.7. The summed E-state index contributed by atoms with van der Waals surface area (Å²) in [5, 5.41) is 12.8. The monoisotopic (exact) mass is 483 g/mol. The van der Waals surface area contributed by atoms with E-state index in [1.54, 1.807) is 13.2 Å². The minimum Gasteiger partial charge on any atom is -0.385 e. The number of carbonyl (C=O) groups is 1. The van der Waals surface area contributed by atoms with Crippen molar-refractivity contribution in [2.75, 3.05) is 20.3 Å². The van der Waals surface area contributed by atoms with E-state index >= 15 is 4.39 Å². The molecule has 1 amide bonds. The number of ether oxygens (including phenoxy) is 1. The van der Waals surface area contributed by atoms with E-state index in [0.717, 1.165) is 82.7 Å². The van der Waals surface area contributed by atoms with Crippen molar-refractivity contribution in [1.29, 1.82) is 0 Å². The molecule has 4 rings (SSSR count). The standard InChI is InChI=1S/C30H42FNO3/c1-35-21-9-8-19-30(34,25-16-10-18-27(31)28(25)23-12-4-2-5-13-23)26-17-11-20-32(22-33)29(26)24-14-6-3-7-15-24/h4,6,10,12,14,16,18,22-24,26,29,34H,2-3,5,7-9,11,13,15,17,19-21H2,1H3/t23-,24-,26+,29+,30-/m1/s1. The summed E-state index contributed by atoms with van der Waals surface area (Å²) in [5.74, 6) is -0.183. The molecule has 4 nitrogen and oxygen atoms in total. The zero-order valence-electron chi connectivity index (χ0n) is 21.2. The number of hydrogen-bond acceptors (Lipinski definition) is 3.